The average molecular weight is 495 g/mol. The maximum Gasteiger partial charge on any atom is 0.193 e. The minimum Gasteiger partial charge on any atom is -0.497 e. The molecule has 2 aromatic carbocycles. The van der Waals surface area contributed by atoms with Crippen LogP contribution in [0, 0.1) is 6.92 Å². The first-order chi connectivity index (χ1) is 13.2. The fourth-order valence-corrected chi connectivity index (χ4v) is 3.46. The Labute approximate surface area is 185 Å². The quantitative estimate of drug-likeness (QED) is 0.390. The van der Waals surface area contributed by atoms with Crippen LogP contribution in [-0.2, 0) is 11.2 Å². The van der Waals surface area contributed by atoms with E-state index in [2.05, 4.69) is 58.5 Å². The summed E-state index contributed by atoms with van der Waals surface area (Å²) in [6.45, 7) is 5.32. The van der Waals surface area contributed by atoms with Gasteiger partial charge in [-0.05, 0) is 42.2 Å². The van der Waals surface area contributed by atoms with E-state index in [0.717, 1.165) is 37.8 Å². The summed E-state index contributed by atoms with van der Waals surface area (Å²) in [5.74, 6) is 1.82. The van der Waals surface area contributed by atoms with Crippen LogP contribution in [0.4, 0.5) is 0 Å². The highest BCUT2D eigenvalue weighted by Crippen LogP contribution is 2.25. The molecule has 0 amide bonds. The van der Waals surface area contributed by atoms with Gasteiger partial charge in [0, 0.05) is 20.1 Å². The van der Waals surface area contributed by atoms with E-state index >= 15 is 0 Å². The lowest BCUT2D eigenvalue weighted by Crippen LogP contribution is -2.48. The van der Waals surface area contributed by atoms with Gasteiger partial charge in [0.2, 0.25) is 0 Å². The van der Waals surface area contributed by atoms with Gasteiger partial charge in [-0.25, -0.2) is 0 Å². The van der Waals surface area contributed by atoms with E-state index in [9.17, 15) is 0 Å². The molecule has 1 N–H and O–H groups in total. The second kappa shape index (κ2) is 11.3. The predicted octanol–water partition coefficient (Wildman–Crippen LogP) is 3.81. The monoisotopic (exact) mass is 495 g/mol. The molecule has 1 heterocycles. The molecule has 1 saturated heterocycles. The standard InChI is InChI=1S/C22H29N3O2.HI/c1-17-7-4-5-10-20(17)21-16-25(13-14-27-21)22(23-2)24-12-11-18-8-6-9-19(15-18)26-3;/h4-10,15,21H,11-14,16H2,1-3H3,(H,23,24);1H. The van der Waals surface area contributed by atoms with Crippen molar-refractivity contribution in [3.05, 3.63) is 65.2 Å². The normalized spacial score (nSPS) is 17.0. The Balaban J connectivity index is 0.00000280. The number of morpholine rings is 1. The molecule has 6 heteroatoms. The molecule has 3 rings (SSSR count). The summed E-state index contributed by atoms with van der Waals surface area (Å²) in [6, 6.07) is 16.6. The molecule has 0 saturated carbocycles. The fraction of sp³-hybridized carbons (Fsp3) is 0.409. The average Bonchev–Trinajstić information content (AvgIpc) is 2.72. The molecule has 0 aliphatic carbocycles. The van der Waals surface area contributed by atoms with Gasteiger partial charge in [-0.2, -0.15) is 0 Å². The number of halogens is 1. The van der Waals surface area contributed by atoms with Crippen LogP contribution in [0.15, 0.2) is 53.5 Å². The van der Waals surface area contributed by atoms with Gasteiger partial charge in [-0.15, -0.1) is 24.0 Å². The van der Waals surface area contributed by atoms with Gasteiger partial charge >= 0.3 is 0 Å². The molecule has 2 aromatic rings. The maximum atomic E-state index is 6.03. The van der Waals surface area contributed by atoms with Crippen LogP contribution in [0.1, 0.15) is 22.8 Å². The van der Waals surface area contributed by atoms with Crippen LogP contribution < -0.4 is 10.1 Å². The molecule has 0 spiro atoms. The molecule has 152 valence electrons. The van der Waals surface area contributed by atoms with E-state index in [1.54, 1.807) is 7.11 Å². The Kier molecular flexibility index (Phi) is 9.05. The van der Waals surface area contributed by atoms with Crippen LogP contribution in [-0.4, -0.2) is 51.3 Å². The van der Waals surface area contributed by atoms with Crippen LogP contribution >= 0.6 is 24.0 Å². The number of guanidine groups is 1. The van der Waals surface area contributed by atoms with Crippen molar-refractivity contribution in [1.29, 1.82) is 0 Å². The fourth-order valence-electron chi connectivity index (χ4n) is 3.46. The summed E-state index contributed by atoms with van der Waals surface area (Å²) in [4.78, 5) is 6.76. The predicted molar refractivity (Wildman–Crippen MR) is 125 cm³/mol. The van der Waals surface area contributed by atoms with Crippen molar-refractivity contribution < 1.29 is 9.47 Å². The van der Waals surface area contributed by atoms with Crippen molar-refractivity contribution in [3.8, 4) is 5.75 Å². The molecule has 0 bridgehead atoms. The third-order valence-corrected chi connectivity index (χ3v) is 4.94. The molecule has 1 aliphatic heterocycles. The van der Waals surface area contributed by atoms with Crippen molar-refractivity contribution in [2.24, 2.45) is 4.99 Å². The first-order valence-corrected chi connectivity index (χ1v) is 9.47. The Morgan fingerprint density at radius 3 is 2.82 bits per heavy atom. The maximum absolute atomic E-state index is 6.03. The molecule has 5 nitrogen and oxygen atoms in total. The highest BCUT2D eigenvalue weighted by Gasteiger charge is 2.24. The summed E-state index contributed by atoms with van der Waals surface area (Å²) >= 11 is 0. The van der Waals surface area contributed by atoms with Crippen molar-refractivity contribution in [3.63, 3.8) is 0 Å². The van der Waals surface area contributed by atoms with Crippen molar-refractivity contribution >= 4 is 29.9 Å². The van der Waals surface area contributed by atoms with E-state index in [0.29, 0.717) is 6.61 Å². The second-order valence-electron chi connectivity index (χ2n) is 6.74. The topological polar surface area (TPSA) is 46.1 Å². The third-order valence-electron chi connectivity index (χ3n) is 4.94. The minimum atomic E-state index is 0. The molecule has 1 fully saturated rings. The summed E-state index contributed by atoms with van der Waals surface area (Å²) in [7, 11) is 3.54. The number of aryl methyl sites for hydroxylation is 1. The lowest BCUT2D eigenvalue weighted by atomic mass is 10.0. The molecule has 1 atom stereocenters. The van der Waals surface area contributed by atoms with Gasteiger partial charge in [-0.3, -0.25) is 4.99 Å². The summed E-state index contributed by atoms with van der Waals surface area (Å²) in [5.41, 5.74) is 3.77. The highest BCUT2D eigenvalue weighted by atomic mass is 127. The van der Waals surface area contributed by atoms with Crippen LogP contribution in [0.5, 0.6) is 5.75 Å². The van der Waals surface area contributed by atoms with Gasteiger partial charge in [0.15, 0.2) is 5.96 Å². The van der Waals surface area contributed by atoms with E-state index < -0.39 is 0 Å². The number of nitrogens with zero attached hydrogens (tertiary/aromatic N) is 2. The largest absolute Gasteiger partial charge is 0.497 e. The van der Waals surface area contributed by atoms with Gasteiger partial charge in [0.25, 0.3) is 0 Å². The number of hydrogen-bond donors (Lipinski definition) is 1. The van der Waals surface area contributed by atoms with Gasteiger partial charge in [0.1, 0.15) is 11.9 Å². The number of nitrogens with one attached hydrogen (secondary N) is 1. The zero-order valence-corrected chi connectivity index (χ0v) is 19.2. The lowest BCUT2D eigenvalue weighted by Gasteiger charge is -2.35. The van der Waals surface area contributed by atoms with E-state index in [-0.39, 0.29) is 30.1 Å². The number of ether oxygens (including phenoxy) is 2. The molecule has 0 radical (unpaired) electrons. The van der Waals surface area contributed by atoms with Gasteiger partial charge in [-0.1, -0.05) is 36.4 Å². The van der Waals surface area contributed by atoms with E-state index in [1.165, 1.54) is 16.7 Å². The third kappa shape index (κ3) is 5.85. The van der Waals surface area contributed by atoms with E-state index in [4.69, 9.17) is 9.47 Å². The highest BCUT2D eigenvalue weighted by molar-refractivity contribution is 14.0. The Morgan fingerprint density at radius 2 is 2.07 bits per heavy atom. The number of rotatable bonds is 5. The molecule has 1 aliphatic rings. The first-order valence-electron chi connectivity index (χ1n) is 9.47. The second-order valence-corrected chi connectivity index (χ2v) is 6.74. The Bertz CT molecular complexity index is 782. The van der Waals surface area contributed by atoms with Crippen molar-refractivity contribution in [2.75, 3.05) is 40.4 Å². The molecule has 0 aromatic heterocycles. The molecular weight excluding hydrogens is 465 g/mol. The van der Waals surface area contributed by atoms with Crippen LogP contribution in [0.3, 0.4) is 0 Å². The number of hydrogen-bond acceptors (Lipinski definition) is 3. The SMILES string of the molecule is CN=C(NCCc1cccc(OC)c1)N1CCOC(c2ccccc2C)C1.I. The Morgan fingerprint density at radius 1 is 1.25 bits per heavy atom. The van der Waals surface area contributed by atoms with Crippen molar-refractivity contribution in [1.82, 2.24) is 10.2 Å². The zero-order valence-electron chi connectivity index (χ0n) is 16.9. The molecular formula is C22H30IN3O2. The minimum absolute atomic E-state index is 0. The molecule has 1 unspecified atom stereocenters. The lowest BCUT2D eigenvalue weighted by molar-refractivity contribution is -0.00829. The smallest absolute Gasteiger partial charge is 0.193 e. The van der Waals surface area contributed by atoms with Gasteiger partial charge in [0.05, 0.1) is 20.3 Å². The number of methoxy groups -OCH3 is 1. The first kappa shape index (κ1) is 22.5. The number of benzene rings is 2. The molecule has 28 heavy (non-hydrogen) atoms. The van der Waals surface area contributed by atoms with Crippen LogP contribution in [0.2, 0.25) is 0 Å². The summed E-state index contributed by atoms with van der Waals surface area (Å²) < 4.78 is 11.3. The summed E-state index contributed by atoms with van der Waals surface area (Å²) in [6.07, 6.45) is 0.999. The zero-order chi connectivity index (χ0) is 19.1. The van der Waals surface area contributed by atoms with Crippen molar-refractivity contribution in [2.45, 2.75) is 19.4 Å². The van der Waals surface area contributed by atoms with Gasteiger partial charge < -0.3 is 19.7 Å². The van der Waals surface area contributed by atoms with Crippen LogP contribution in [0.25, 0.3) is 0 Å². The summed E-state index contributed by atoms with van der Waals surface area (Å²) in [5, 5.41) is 3.49. The Hall–Kier alpha value is -1.80. The number of aliphatic imine (C=N–C) groups is 1. The van der Waals surface area contributed by atoms with E-state index in [1.807, 2.05) is 19.2 Å².